The molecule has 144 valence electrons. The lowest BCUT2D eigenvalue weighted by atomic mass is 10.2. The van der Waals surface area contributed by atoms with Crippen molar-refractivity contribution in [2.75, 3.05) is 25.1 Å². The number of hydrogen-bond donors (Lipinski definition) is 2. The fraction of sp³-hybridized carbons (Fsp3) is 0.333. The van der Waals surface area contributed by atoms with Crippen LogP contribution in [0.5, 0.6) is 5.75 Å². The summed E-state index contributed by atoms with van der Waals surface area (Å²) in [6.07, 6.45) is 4.09. The van der Waals surface area contributed by atoms with Crippen molar-refractivity contribution in [1.29, 1.82) is 0 Å². The van der Waals surface area contributed by atoms with Gasteiger partial charge in [-0.1, -0.05) is 6.07 Å². The topological polar surface area (TPSA) is 115 Å². The number of methoxy groups -OCH3 is 1. The molecule has 9 heteroatoms. The van der Waals surface area contributed by atoms with E-state index in [1.165, 1.54) is 38.2 Å². The SMILES string of the molecule is COc1ccc(S(N)(=O)=O)cc1C(=O)NCc1ccc(N2CCCC2)nc1. The number of anilines is 1. The lowest BCUT2D eigenvalue weighted by Gasteiger charge is -2.16. The first-order chi connectivity index (χ1) is 12.9. The van der Waals surface area contributed by atoms with E-state index in [0.29, 0.717) is 0 Å². The zero-order chi connectivity index (χ0) is 19.4. The first-order valence-electron chi connectivity index (χ1n) is 8.57. The summed E-state index contributed by atoms with van der Waals surface area (Å²) in [6.45, 7) is 2.29. The van der Waals surface area contributed by atoms with E-state index in [4.69, 9.17) is 9.88 Å². The van der Waals surface area contributed by atoms with Gasteiger partial charge in [-0.2, -0.15) is 0 Å². The highest BCUT2D eigenvalue weighted by molar-refractivity contribution is 7.89. The maximum atomic E-state index is 12.5. The van der Waals surface area contributed by atoms with Crippen molar-refractivity contribution >= 4 is 21.7 Å². The molecule has 3 N–H and O–H groups in total. The summed E-state index contributed by atoms with van der Waals surface area (Å²) in [5.74, 6) is 0.744. The highest BCUT2D eigenvalue weighted by atomic mass is 32.2. The lowest BCUT2D eigenvalue weighted by Crippen LogP contribution is -2.24. The van der Waals surface area contributed by atoms with Gasteiger partial charge in [-0.15, -0.1) is 0 Å². The van der Waals surface area contributed by atoms with Gasteiger partial charge in [0.2, 0.25) is 10.0 Å². The number of pyridine rings is 1. The zero-order valence-electron chi connectivity index (χ0n) is 15.0. The highest BCUT2D eigenvalue weighted by Crippen LogP contribution is 2.22. The molecule has 1 fully saturated rings. The fourth-order valence-corrected chi connectivity index (χ4v) is 3.51. The summed E-state index contributed by atoms with van der Waals surface area (Å²) in [6, 6.07) is 7.76. The number of ether oxygens (including phenoxy) is 1. The van der Waals surface area contributed by atoms with Gasteiger partial charge in [-0.25, -0.2) is 18.5 Å². The van der Waals surface area contributed by atoms with E-state index in [1.54, 1.807) is 6.20 Å². The molecule has 0 saturated carbocycles. The van der Waals surface area contributed by atoms with Gasteiger partial charge in [0.05, 0.1) is 17.6 Å². The molecule has 0 radical (unpaired) electrons. The van der Waals surface area contributed by atoms with Crippen molar-refractivity contribution in [3.05, 3.63) is 47.7 Å². The monoisotopic (exact) mass is 390 g/mol. The third kappa shape index (κ3) is 4.55. The minimum absolute atomic E-state index is 0.102. The Morgan fingerprint density at radius 1 is 1.26 bits per heavy atom. The molecule has 3 rings (SSSR count). The third-order valence-electron chi connectivity index (χ3n) is 4.44. The number of carbonyl (C=O) groups is 1. The summed E-state index contributed by atoms with van der Waals surface area (Å²) in [4.78, 5) is 19.0. The van der Waals surface area contributed by atoms with Gasteiger partial charge in [0.15, 0.2) is 0 Å². The van der Waals surface area contributed by atoms with E-state index in [0.717, 1.165) is 24.5 Å². The highest BCUT2D eigenvalue weighted by Gasteiger charge is 2.17. The van der Waals surface area contributed by atoms with Crippen molar-refractivity contribution in [3.8, 4) is 5.75 Å². The normalized spacial score (nSPS) is 14.2. The van der Waals surface area contributed by atoms with Gasteiger partial charge < -0.3 is 15.0 Å². The molecular formula is C18H22N4O4S. The molecule has 0 bridgehead atoms. The van der Waals surface area contributed by atoms with Crippen LogP contribution in [0.15, 0.2) is 41.4 Å². The first-order valence-corrected chi connectivity index (χ1v) is 10.1. The van der Waals surface area contributed by atoms with Crippen LogP contribution in [-0.4, -0.2) is 39.5 Å². The van der Waals surface area contributed by atoms with Gasteiger partial charge in [0.1, 0.15) is 11.6 Å². The van der Waals surface area contributed by atoms with E-state index in [9.17, 15) is 13.2 Å². The van der Waals surface area contributed by atoms with Crippen LogP contribution in [0, 0.1) is 0 Å². The molecule has 0 aliphatic carbocycles. The van der Waals surface area contributed by atoms with E-state index < -0.39 is 15.9 Å². The van der Waals surface area contributed by atoms with Gasteiger partial charge in [0.25, 0.3) is 5.91 Å². The molecule has 2 heterocycles. The number of primary sulfonamides is 1. The second-order valence-corrected chi connectivity index (χ2v) is 7.87. The van der Waals surface area contributed by atoms with Crippen LogP contribution >= 0.6 is 0 Å². The summed E-state index contributed by atoms with van der Waals surface area (Å²) < 4.78 is 28.2. The van der Waals surface area contributed by atoms with Gasteiger partial charge in [-0.3, -0.25) is 4.79 Å². The van der Waals surface area contributed by atoms with Gasteiger partial charge >= 0.3 is 0 Å². The van der Waals surface area contributed by atoms with Crippen LogP contribution in [0.4, 0.5) is 5.82 Å². The van der Waals surface area contributed by atoms with Crippen LogP contribution in [0.3, 0.4) is 0 Å². The molecule has 0 unspecified atom stereocenters. The van der Waals surface area contributed by atoms with E-state index in [1.807, 2.05) is 12.1 Å². The predicted molar refractivity (Wildman–Crippen MR) is 101 cm³/mol. The van der Waals surface area contributed by atoms with Crippen LogP contribution < -0.4 is 20.1 Å². The van der Waals surface area contributed by atoms with Gasteiger partial charge in [-0.05, 0) is 42.7 Å². The molecule has 1 saturated heterocycles. The predicted octanol–water partition coefficient (Wildman–Crippen LogP) is 1.27. The zero-order valence-corrected chi connectivity index (χ0v) is 15.8. The Labute approximate surface area is 158 Å². The maximum absolute atomic E-state index is 12.5. The number of amides is 1. The quantitative estimate of drug-likeness (QED) is 0.768. The van der Waals surface area contributed by atoms with Crippen LogP contribution in [-0.2, 0) is 16.6 Å². The Morgan fingerprint density at radius 3 is 2.59 bits per heavy atom. The molecule has 1 amide bonds. The number of nitrogens with zero attached hydrogens (tertiary/aromatic N) is 2. The summed E-state index contributed by atoms with van der Waals surface area (Å²) in [5.41, 5.74) is 0.943. The Hall–Kier alpha value is -2.65. The number of benzene rings is 1. The molecule has 0 atom stereocenters. The Morgan fingerprint density at radius 2 is 2.00 bits per heavy atom. The van der Waals surface area contributed by atoms with Crippen molar-refractivity contribution < 1.29 is 17.9 Å². The van der Waals surface area contributed by atoms with Crippen LogP contribution in [0.1, 0.15) is 28.8 Å². The molecule has 27 heavy (non-hydrogen) atoms. The number of hydrogen-bond acceptors (Lipinski definition) is 6. The minimum Gasteiger partial charge on any atom is -0.496 e. The lowest BCUT2D eigenvalue weighted by molar-refractivity contribution is 0.0947. The minimum atomic E-state index is -3.91. The van der Waals surface area contributed by atoms with Crippen molar-refractivity contribution in [1.82, 2.24) is 10.3 Å². The van der Waals surface area contributed by atoms with Crippen molar-refractivity contribution in [2.24, 2.45) is 5.14 Å². The number of nitrogens with one attached hydrogen (secondary N) is 1. The summed E-state index contributed by atoms with van der Waals surface area (Å²) >= 11 is 0. The van der Waals surface area contributed by atoms with E-state index in [2.05, 4.69) is 15.2 Å². The molecule has 1 aliphatic heterocycles. The number of sulfonamides is 1. The molecule has 2 aromatic rings. The average molecular weight is 390 g/mol. The first kappa shape index (κ1) is 19.1. The second kappa shape index (κ2) is 7.93. The van der Waals surface area contributed by atoms with E-state index in [-0.39, 0.29) is 22.8 Å². The largest absolute Gasteiger partial charge is 0.496 e. The smallest absolute Gasteiger partial charge is 0.255 e. The molecule has 1 aliphatic rings. The number of carbonyl (C=O) groups excluding carboxylic acids is 1. The fourth-order valence-electron chi connectivity index (χ4n) is 2.97. The van der Waals surface area contributed by atoms with Gasteiger partial charge in [0, 0.05) is 25.8 Å². The Kier molecular flexibility index (Phi) is 5.62. The molecule has 8 nitrogen and oxygen atoms in total. The number of rotatable bonds is 6. The molecule has 0 spiro atoms. The molecule has 1 aromatic carbocycles. The maximum Gasteiger partial charge on any atom is 0.255 e. The van der Waals surface area contributed by atoms with Crippen molar-refractivity contribution in [2.45, 2.75) is 24.3 Å². The molecular weight excluding hydrogens is 368 g/mol. The van der Waals surface area contributed by atoms with Crippen LogP contribution in [0.25, 0.3) is 0 Å². The second-order valence-electron chi connectivity index (χ2n) is 6.31. The Balaban J connectivity index is 1.70. The van der Waals surface area contributed by atoms with E-state index >= 15 is 0 Å². The average Bonchev–Trinajstić information content (AvgIpc) is 3.20. The number of aromatic nitrogens is 1. The standard InChI is InChI=1S/C18H22N4O4S/c1-26-16-6-5-14(27(19,24)25)10-15(16)18(23)21-12-13-4-7-17(20-11-13)22-8-2-3-9-22/h4-7,10-11H,2-3,8-9,12H2,1H3,(H,21,23)(H2,19,24,25). The number of nitrogens with two attached hydrogens (primary N) is 1. The van der Waals surface area contributed by atoms with Crippen LogP contribution in [0.2, 0.25) is 0 Å². The third-order valence-corrected chi connectivity index (χ3v) is 5.35. The van der Waals surface area contributed by atoms with Crippen molar-refractivity contribution in [3.63, 3.8) is 0 Å². The Bertz CT molecular complexity index is 923. The summed E-state index contributed by atoms with van der Waals surface area (Å²) in [5, 5.41) is 7.89. The summed E-state index contributed by atoms with van der Waals surface area (Å²) in [7, 11) is -2.51. The molecule has 1 aromatic heterocycles.